The third kappa shape index (κ3) is 6.38. The van der Waals surface area contributed by atoms with Crippen molar-refractivity contribution in [2.75, 3.05) is 29.5 Å². The second-order valence-corrected chi connectivity index (χ2v) is 9.75. The van der Waals surface area contributed by atoms with Crippen LogP contribution in [-0.4, -0.2) is 29.9 Å². The normalized spacial score (nSPS) is 11.3. The van der Waals surface area contributed by atoms with Crippen LogP contribution in [0.4, 0.5) is 17.2 Å². The molecular formula is C33H33N5O2. The molecule has 5 rings (SSSR count). The highest BCUT2D eigenvalue weighted by molar-refractivity contribution is 6.08. The number of unbranched alkanes of at least 4 members (excludes halogenated alkanes) is 3. The van der Waals surface area contributed by atoms with Gasteiger partial charge in [0.1, 0.15) is 5.82 Å². The predicted molar refractivity (Wildman–Crippen MR) is 162 cm³/mol. The number of fused-ring (bicyclic) bond motifs is 3. The van der Waals surface area contributed by atoms with Crippen molar-refractivity contribution >= 4 is 34.6 Å². The quantitative estimate of drug-likeness (QED) is 0.0933. The molecule has 0 aliphatic heterocycles. The zero-order chi connectivity index (χ0) is 27.7. The van der Waals surface area contributed by atoms with Gasteiger partial charge in [0, 0.05) is 25.4 Å². The first-order chi connectivity index (χ1) is 19.6. The lowest BCUT2D eigenvalue weighted by molar-refractivity contribution is -0.116. The lowest BCUT2D eigenvalue weighted by Crippen LogP contribution is -2.22. The van der Waals surface area contributed by atoms with Crippen molar-refractivity contribution in [3.05, 3.63) is 114 Å². The molecule has 0 unspecified atom stereocenters. The number of carbonyl (C=O) groups is 2. The Morgan fingerprint density at radius 1 is 0.725 bits per heavy atom. The van der Waals surface area contributed by atoms with E-state index in [9.17, 15) is 9.59 Å². The highest BCUT2D eigenvalue weighted by atomic mass is 16.2. The fourth-order valence-electron chi connectivity index (χ4n) is 4.86. The number of carbonyl (C=O) groups excluding carboxylic acids is 2. The van der Waals surface area contributed by atoms with Gasteiger partial charge in [0.15, 0.2) is 0 Å². The lowest BCUT2D eigenvalue weighted by Gasteiger charge is -2.09. The standard InChI is InChI=1S/C33H33N5O2/c34-29-15-7-8-16-30(29)38-33(40)23-17-18-31(37-22-23)35-19-9-1-2-10-20-36-32(39)21-28-26-13-5-3-11-24(26)25-12-4-6-14-27(25)28/h3-8,11-18,21-22H,1-2,9-10,19-20,34H2,(H,35,37)(H,36,39)(H,38,40). The van der Waals surface area contributed by atoms with Gasteiger partial charge in [-0.25, -0.2) is 4.98 Å². The molecule has 0 radical (unpaired) electrons. The molecule has 0 fully saturated rings. The summed E-state index contributed by atoms with van der Waals surface area (Å²) >= 11 is 0. The van der Waals surface area contributed by atoms with E-state index in [-0.39, 0.29) is 11.8 Å². The van der Waals surface area contributed by atoms with E-state index >= 15 is 0 Å². The summed E-state index contributed by atoms with van der Waals surface area (Å²) in [5.41, 5.74) is 13.0. The summed E-state index contributed by atoms with van der Waals surface area (Å²) in [6.45, 7) is 1.44. The minimum atomic E-state index is -0.252. The molecule has 3 aromatic carbocycles. The molecule has 1 aromatic heterocycles. The first kappa shape index (κ1) is 26.7. The fraction of sp³-hybridized carbons (Fsp3) is 0.182. The molecule has 0 bridgehead atoms. The number of nitrogens with zero attached hydrogens (tertiary/aromatic N) is 1. The van der Waals surface area contributed by atoms with Crippen molar-refractivity contribution in [2.24, 2.45) is 0 Å². The molecule has 1 heterocycles. The number of nitrogens with one attached hydrogen (secondary N) is 3. The van der Waals surface area contributed by atoms with Gasteiger partial charge in [0.25, 0.3) is 5.91 Å². The Morgan fingerprint density at radius 2 is 1.35 bits per heavy atom. The number of hydrogen-bond donors (Lipinski definition) is 4. The Morgan fingerprint density at radius 3 is 2.00 bits per heavy atom. The van der Waals surface area contributed by atoms with Gasteiger partial charge >= 0.3 is 0 Å². The van der Waals surface area contributed by atoms with Gasteiger partial charge in [0.2, 0.25) is 5.91 Å². The van der Waals surface area contributed by atoms with Gasteiger partial charge in [-0.05, 0) is 64.9 Å². The minimum absolute atomic E-state index is 0.0568. The topological polar surface area (TPSA) is 109 Å². The summed E-state index contributed by atoms with van der Waals surface area (Å²) < 4.78 is 0. The Balaban J connectivity index is 0.989. The monoisotopic (exact) mass is 531 g/mol. The van der Waals surface area contributed by atoms with Crippen LogP contribution in [0.2, 0.25) is 0 Å². The number of nitrogens with two attached hydrogens (primary N) is 1. The van der Waals surface area contributed by atoms with Gasteiger partial charge in [-0.15, -0.1) is 0 Å². The molecule has 202 valence electrons. The van der Waals surface area contributed by atoms with Crippen LogP contribution < -0.4 is 21.7 Å². The summed E-state index contributed by atoms with van der Waals surface area (Å²) in [5.74, 6) is 0.419. The van der Waals surface area contributed by atoms with Crippen LogP contribution in [0.25, 0.3) is 16.7 Å². The number of rotatable bonds is 11. The van der Waals surface area contributed by atoms with E-state index in [1.807, 2.05) is 36.4 Å². The van der Waals surface area contributed by atoms with E-state index in [2.05, 4.69) is 45.2 Å². The fourth-order valence-corrected chi connectivity index (χ4v) is 4.86. The average Bonchev–Trinajstić information content (AvgIpc) is 3.29. The number of anilines is 3. The van der Waals surface area contributed by atoms with E-state index in [0.29, 0.717) is 23.5 Å². The molecule has 40 heavy (non-hydrogen) atoms. The van der Waals surface area contributed by atoms with Crippen molar-refractivity contribution < 1.29 is 9.59 Å². The van der Waals surface area contributed by atoms with Crippen LogP contribution in [0.1, 0.15) is 47.2 Å². The van der Waals surface area contributed by atoms with E-state index < -0.39 is 0 Å². The average molecular weight is 532 g/mol. The SMILES string of the molecule is Nc1ccccc1NC(=O)c1ccc(NCCCCCCNC(=O)C=C2c3ccccc3-c3ccccc32)nc1. The zero-order valence-corrected chi connectivity index (χ0v) is 22.3. The number of aromatic nitrogens is 1. The summed E-state index contributed by atoms with van der Waals surface area (Å²) in [6.07, 6.45) is 7.27. The molecule has 7 nitrogen and oxygen atoms in total. The van der Waals surface area contributed by atoms with Gasteiger partial charge < -0.3 is 21.7 Å². The number of benzene rings is 3. The second-order valence-electron chi connectivity index (χ2n) is 9.75. The van der Waals surface area contributed by atoms with E-state index in [0.717, 1.165) is 54.7 Å². The molecule has 0 atom stereocenters. The Hall–Kier alpha value is -4.91. The maximum absolute atomic E-state index is 12.6. The van der Waals surface area contributed by atoms with Crippen molar-refractivity contribution in [3.63, 3.8) is 0 Å². The minimum Gasteiger partial charge on any atom is -0.397 e. The number of nitrogen functional groups attached to an aromatic ring is 1. The van der Waals surface area contributed by atoms with Crippen molar-refractivity contribution in [1.82, 2.24) is 10.3 Å². The maximum atomic E-state index is 12.6. The van der Waals surface area contributed by atoms with Crippen LogP contribution in [0, 0.1) is 0 Å². The van der Waals surface area contributed by atoms with Crippen molar-refractivity contribution in [3.8, 4) is 11.1 Å². The van der Waals surface area contributed by atoms with Crippen LogP contribution >= 0.6 is 0 Å². The van der Waals surface area contributed by atoms with Gasteiger partial charge in [-0.2, -0.15) is 0 Å². The van der Waals surface area contributed by atoms with Crippen LogP contribution in [0.5, 0.6) is 0 Å². The number of para-hydroxylation sites is 2. The van der Waals surface area contributed by atoms with Gasteiger partial charge in [-0.1, -0.05) is 73.5 Å². The van der Waals surface area contributed by atoms with E-state index in [1.165, 1.54) is 11.1 Å². The van der Waals surface area contributed by atoms with Crippen LogP contribution in [-0.2, 0) is 4.79 Å². The first-order valence-electron chi connectivity index (χ1n) is 13.6. The molecule has 1 aliphatic carbocycles. The molecule has 2 amide bonds. The largest absolute Gasteiger partial charge is 0.397 e. The number of pyridine rings is 1. The Labute approximate surface area is 234 Å². The zero-order valence-electron chi connectivity index (χ0n) is 22.3. The van der Waals surface area contributed by atoms with Gasteiger partial charge in [0.05, 0.1) is 16.9 Å². The Kier molecular flexibility index (Phi) is 8.51. The summed E-state index contributed by atoms with van der Waals surface area (Å²) in [5, 5.41) is 9.14. The van der Waals surface area contributed by atoms with Crippen molar-refractivity contribution in [1.29, 1.82) is 0 Å². The van der Waals surface area contributed by atoms with Crippen LogP contribution in [0.3, 0.4) is 0 Å². The molecule has 7 heteroatoms. The smallest absolute Gasteiger partial charge is 0.257 e. The summed E-state index contributed by atoms with van der Waals surface area (Å²) in [7, 11) is 0. The lowest BCUT2D eigenvalue weighted by atomic mass is 10.0. The van der Waals surface area contributed by atoms with E-state index in [4.69, 9.17) is 5.73 Å². The summed E-state index contributed by atoms with van der Waals surface area (Å²) in [6, 6.07) is 27.1. The Bertz CT molecular complexity index is 1480. The molecule has 1 aliphatic rings. The highest BCUT2D eigenvalue weighted by Gasteiger charge is 2.22. The molecule has 0 saturated heterocycles. The van der Waals surface area contributed by atoms with Gasteiger partial charge in [-0.3, -0.25) is 9.59 Å². The third-order valence-electron chi connectivity index (χ3n) is 6.94. The van der Waals surface area contributed by atoms with Crippen molar-refractivity contribution in [2.45, 2.75) is 25.7 Å². The molecule has 4 aromatic rings. The first-order valence-corrected chi connectivity index (χ1v) is 13.6. The molecule has 5 N–H and O–H groups in total. The molecular weight excluding hydrogens is 498 g/mol. The predicted octanol–water partition coefficient (Wildman–Crippen LogP) is 6.12. The highest BCUT2D eigenvalue weighted by Crippen LogP contribution is 2.43. The second kappa shape index (κ2) is 12.8. The summed E-state index contributed by atoms with van der Waals surface area (Å²) in [4.78, 5) is 29.4. The van der Waals surface area contributed by atoms with E-state index in [1.54, 1.807) is 36.5 Å². The number of hydrogen-bond acceptors (Lipinski definition) is 5. The molecule has 0 saturated carbocycles. The van der Waals surface area contributed by atoms with Crippen LogP contribution in [0.15, 0.2) is 97.2 Å². The molecule has 0 spiro atoms. The maximum Gasteiger partial charge on any atom is 0.257 e. The third-order valence-corrected chi connectivity index (χ3v) is 6.94. The number of amides is 2.